The zero-order chi connectivity index (χ0) is 60.1. The summed E-state index contributed by atoms with van der Waals surface area (Å²) in [4.78, 5) is 66.0. The molecule has 4 aromatic rings. The van der Waals surface area contributed by atoms with Crippen molar-refractivity contribution in [1.29, 1.82) is 0 Å². The van der Waals surface area contributed by atoms with Crippen LogP contribution in [-0.2, 0) is 36.8 Å². The van der Waals surface area contributed by atoms with Gasteiger partial charge >= 0.3 is 24.5 Å². The van der Waals surface area contributed by atoms with Crippen LogP contribution in [0, 0.1) is 34.3 Å². The number of pyridine rings is 2. The number of carbonyl (C=O) groups excluding carboxylic acids is 4. The van der Waals surface area contributed by atoms with Crippen LogP contribution in [0.3, 0.4) is 0 Å². The number of carbonyl (C=O) groups is 4. The zero-order valence-corrected chi connectivity index (χ0v) is 45.2. The minimum absolute atomic E-state index is 0.0285. The highest BCUT2D eigenvalue weighted by molar-refractivity contribution is 5.87. The molecule has 17 nitrogen and oxygen atoms in total. The second-order valence-corrected chi connectivity index (χ2v) is 21.3. The van der Waals surface area contributed by atoms with Crippen molar-refractivity contribution in [3.05, 3.63) is 113 Å². The van der Waals surface area contributed by atoms with Gasteiger partial charge in [-0.15, -0.1) is 0 Å². The maximum atomic E-state index is 16.1. The van der Waals surface area contributed by atoms with E-state index in [2.05, 4.69) is 41.7 Å². The smallest absolute Gasteiger partial charge is 0.407 e. The topological polar surface area (TPSA) is 200 Å². The molecule has 3 saturated heterocycles. The molecule has 0 radical (unpaired) electrons. The second kappa shape index (κ2) is 25.5. The maximum Gasteiger partial charge on any atom is 0.407 e. The minimum atomic E-state index is -5.26. The molecule has 0 saturated carbocycles. The first-order valence-electron chi connectivity index (χ1n) is 25.8. The van der Waals surface area contributed by atoms with Crippen molar-refractivity contribution < 1.29 is 82.4 Å². The van der Waals surface area contributed by atoms with Crippen LogP contribution in [0.4, 0.5) is 59.3 Å². The number of rotatable bonds is 19. The van der Waals surface area contributed by atoms with Crippen LogP contribution in [0.15, 0.2) is 73.1 Å². The fourth-order valence-corrected chi connectivity index (χ4v) is 9.72. The Morgan fingerprint density at radius 1 is 0.780 bits per heavy atom. The molecule has 2 bridgehead atoms. The van der Waals surface area contributed by atoms with E-state index in [4.69, 9.17) is 9.47 Å². The number of anilines is 1. The van der Waals surface area contributed by atoms with Gasteiger partial charge in [0.2, 0.25) is 5.91 Å². The fraction of sp³-hybridized carbons (Fsp3) is 0.491. The number of aliphatic hydroxyl groups excluding tert-OH is 1. The van der Waals surface area contributed by atoms with Crippen LogP contribution < -0.4 is 26.3 Å². The molecule has 3 fully saturated rings. The van der Waals surface area contributed by atoms with E-state index in [0.717, 1.165) is 89.6 Å². The number of piperazine rings is 1. The lowest BCUT2D eigenvalue weighted by atomic mass is 9.82. The molecule has 82 heavy (non-hydrogen) atoms. The third-order valence-electron chi connectivity index (χ3n) is 14.9. The zero-order valence-electron chi connectivity index (χ0n) is 45.2. The van der Waals surface area contributed by atoms with Crippen LogP contribution in [0.2, 0.25) is 0 Å². The third kappa shape index (κ3) is 14.5. The summed E-state index contributed by atoms with van der Waals surface area (Å²) in [5.74, 6) is 0.830. The number of alkyl carbamates (subject to hydrolysis) is 2. The monoisotopic (exact) mass is 1170 g/mol. The van der Waals surface area contributed by atoms with E-state index in [9.17, 15) is 59.4 Å². The van der Waals surface area contributed by atoms with Gasteiger partial charge < -0.3 is 40.2 Å². The summed E-state index contributed by atoms with van der Waals surface area (Å²) < 4.78 is 161. The summed E-state index contributed by atoms with van der Waals surface area (Å²) in [6.45, 7) is 3.13. The van der Waals surface area contributed by atoms with E-state index < -0.39 is 120 Å². The number of hydrogen-bond acceptors (Lipinski definition) is 13. The molecule has 5 heterocycles. The molecular formula is C55H61F10N9O8. The number of ether oxygens (including phenoxy) is 3. The van der Waals surface area contributed by atoms with Gasteiger partial charge in [-0.25, -0.2) is 37.1 Å². The van der Waals surface area contributed by atoms with Crippen molar-refractivity contribution in [2.45, 2.75) is 115 Å². The van der Waals surface area contributed by atoms with Crippen LogP contribution in [0.25, 0.3) is 11.1 Å². The highest BCUT2D eigenvalue weighted by Gasteiger charge is 2.58. The van der Waals surface area contributed by atoms with Crippen molar-refractivity contribution in [3.8, 4) is 23.0 Å². The van der Waals surface area contributed by atoms with Crippen LogP contribution in [0.1, 0.15) is 74.9 Å². The number of nitrogens with zero attached hydrogens (tertiary/aromatic N) is 5. The Kier molecular flexibility index (Phi) is 19.4. The van der Waals surface area contributed by atoms with Crippen molar-refractivity contribution in [2.75, 3.05) is 51.9 Å². The first-order valence-corrected chi connectivity index (χ1v) is 25.8. The number of hydrazine groups is 1. The molecule has 0 unspecified atom stereocenters. The Bertz CT molecular complexity index is 2940. The second-order valence-electron chi connectivity index (χ2n) is 21.3. The molecule has 4 amide bonds. The maximum absolute atomic E-state index is 16.1. The number of amides is 4. The summed E-state index contributed by atoms with van der Waals surface area (Å²) in [6.07, 6.45) is -17.0. The van der Waals surface area contributed by atoms with Gasteiger partial charge in [-0.05, 0) is 101 Å². The first kappa shape index (κ1) is 62.3. The number of benzene rings is 2. The van der Waals surface area contributed by atoms with Gasteiger partial charge in [-0.3, -0.25) is 24.9 Å². The highest BCUT2D eigenvalue weighted by atomic mass is 19.4. The van der Waals surface area contributed by atoms with E-state index in [-0.39, 0.29) is 16.7 Å². The van der Waals surface area contributed by atoms with Gasteiger partial charge in [-0.2, -0.15) is 26.3 Å². The molecule has 2 aromatic heterocycles. The molecule has 0 aliphatic carbocycles. The highest BCUT2D eigenvalue weighted by Crippen LogP contribution is 2.43. The molecule has 7 rings (SSSR count). The van der Waals surface area contributed by atoms with Gasteiger partial charge in [0.25, 0.3) is 12.3 Å². The molecule has 3 aliphatic rings. The van der Waals surface area contributed by atoms with Gasteiger partial charge in [0.15, 0.2) is 6.10 Å². The van der Waals surface area contributed by atoms with E-state index >= 15 is 8.78 Å². The van der Waals surface area contributed by atoms with E-state index in [1.165, 1.54) is 12.1 Å². The number of fused-ring (bicyclic) bond motifs is 2. The van der Waals surface area contributed by atoms with Gasteiger partial charge in [-0.1, -0.05) is 30.0 Å². The number of nitrogens with one attached hydrogen (secondary N) is 4. The molecule has 5 N–H and O–H groups in total. The number of alkyl halides is 8. The lowest BCUT2D eigenvalue weighted by Gasteiger charge is -2.47. The van der Waals surface area contributed by atoms with Crippen molar-refractivity contribution in [2.24, 2.45) is 10.8 Å². The Labute approximate surface area is 465 Å². The quantitative estimate of drug-likeness (QED) is 0.0355. The molecule has 444 valence electrons. The van der Waals surface area contributed by atoms with E-state index in [0.29, 0.717) is 62.0 Å². The summed E-state index contributed by atoms with van der Waals surface area (Å²) >= 11 is 0. The first-order chi connectivity index (χ1) is 38.5. The summed E-state index contributed by atoms with van der Waals surface area (Å²) in [6, 6.07) is 10.4. The number of hydrogen-bond donors (Lipinski definition) is 5. The van der Waals surface area contributed by atoms with Crippen LogP contribution in [0.5, 0.6) is 0 Å². The fourth-order valence-electron chi connectivity index (χ4n) is 9.72. The molecule has 27 heteroatoms. The van der Waals surface area contributed by atoms with E-state index in [1.54, 1.807) is 18.3 Å². The average Bonchev–Trinajstić information content (AvgIpc) is 3.10. The largest absolute Gasteiger partial charge is 0.453 e. The van der Waals surface area contributed by atoms with Crippen LogP contribution >= 0.6 is 0 Å². The molecular weight excluding hydrogens is 1100 g/mol. The molecule has 2 aromatic carbocycles. The molecule has 3 aliphatic heterocycles. The normalized spacial score (nSPS) is 18.4. The lowest BCUT2D eigenvalue weighted by molar-refractivity contribution is -0.239. The Balaban J connectivity index is 1.18. The standard InChI is InChI=1S/C55H61F10N9O8/c1-52(2,54(60,61)62)45(70-51(79)80-6)48(76)69-42(19-31-10-7-30(8-11-31)9-12-32-13-18-44(68-22-32)72-24-35-15-16-36(25-72)74(35)37-28-81-29-37)43(75)27-73(71-49(77)46(82-50(78)66-5)53(3,4)55(63,64)65)26-38-39(56)20-34(21-40(38)57)33-14-17-41(47(58)59)67-23-33/h7-8,10-11,13-14,17-18,20-23,35-37,42-43,45-47,75H,15-16,19,24-29H2,1-6H3,(H,66,78)(H,69,76)(H,70,79)(H,71,77)/t35-,36-,42-,43-,45+,46+/m0/s1. The lowest BCUT2D eigenvalue weighted by Crippen LogP contribution is -2.62. The van der Waals surface area contributed by atoms with Crippen molar-refractivity contribution in [1.82, 2.24) is 41.3 Å². The van der Waals surface area contributed by atoms with Crippen LogP contribution in [-0.4, -0.2) is 151 Å². The van der Waals surface area contributed by atoms with Crippen molar-refractivity contribution >= 4 is 29.8 Å². The summed E-state index contributed by atoms with van der Waals surface area (Å²) in [7, 11) is 1.80. The van der Waals surface area contributed by atoms with E-state index in [1.807, 2.05) is 28.2 Å². The van der Waals surface area contributed by atoms with Gasteiger partial charge in [0.1, 0.15) is 34.6 Å². The van der Waals surface area contributed by atoms with Gasteiger partial charge in [0.05, 0.1) is 43.9 Å². The minimum Gasteiger partial charge on any atom is -0.453 e. The predicted molar refractivity (Wildman–Crippen MR) is 275 cm³/mol. The SMILES string of the molecule is CNC(=O)O[C@H](C(=O)NN(Cc1c(F)cc(-c2ccc(C(F)F)nc2)cc1F)C[C@H](O)[C@H](Cc1ccc(C#Cc2ccc(N3C[C@@H]4CC[C@@H](C3)N4C3COC3)nc2)cc1)NC(=O)[C@@H](NC(=O)OC)C(C)(C)C(F)(F)F)C(C)(C)C(F)(F)F. The number of aromatic nitrogens is 2. The Hall–Kier alpha value is -7.28. The predicted octanol–water partition coefficient (Wildman–Crippen LogP) is 7.36. The third-order valence-corrected chi connectivity index (χ3v) is 14.9. The Morgan fingerprint density at radius 3 is 1.90 bits per heavy atom. The average molecular weight is 1170 g/mol. The molecule has 6 atom stereocenters. The van der Waals surface area contributed by atoms with Crippen molar-refractivity contribution in [3.63, 3.8) is 0 Å². The number of aliphatic hydroxyl groups is 1. The Morgan fingerprint density at radius 2 is 1.39 bits per heavy atom. The summed E-state index contributed by atoms with van der Waals surface area (Å²) in [5.41, 5.74) is -4.68. The summed E-state index contributed by atoms with van der Waals surface area (Å²) in [5, 5.41) is 18.7. The number of methoxy groups -OCH3 is 1. The van der Waals surface area contributed by atoms with Gasteiger partial charge in [0, 0.05) is 80.0 Å². The molecule has 0 spiro atoms. The number of halogens is 10.